The summed E-state index contributed by atoms with van der Waals surface area (Å²) in [7, 11) is -4.74. The first-order valence-electron chi connectivity index (χ1n) is 10.4. The van der Waals surface area contributed by atoms with Crippen LogP contribution in [0.2, 0.25) is 5.02 Å². The molecule has 0 bridgehead atoms. The molecular formula is C23H25ClFN3O4S2. The molecule has 7 nitrogen and oxygen atoms in total. The predicted molar refractivity (Wildman–Crippen MR) is 133 cm³/mol. The van der Waals surface area contributed by atoms with Crippen LogP contribution < -0.4 is 9.62 Å². The van der Waals surface area contributed by atoms with Gasteiger partial charge in [-0.1, -0.05) is 48.9 Å². The molecule has 2 aromatic carbocycles. The number of hydrogen-bond donors (Lipinski definition) is 1. The maximum absolute atomic E-state index is 15.2. The number of ether oxygens (including phenoxy) is 1. The molecule has 1 heterocycles. The normalized spacial score (nSPS) is 12.8. The summed E-state index contributed by atoms with van der Waals surface area (Å²) in [5.41, 5.74) is 1.56. The SMILES string of the molecule is CC[C@H](Nc1cc(F)c(S(=O)(=O)N(C(=O)OC(C)(C)C)c2cscn2)cc1Cl)c1ccccc1. The van der Waals surface area contributed by atoms with E-state index in [1.807, 2.05) is 37.3 Å². The molecular weight excluding hydrogens is 501 g/mol. The number of halogens is 2. The Morgan fingerprint density at radius 2 is 1.94 bits per heavy atom. The molecule has 3 rings (SSSR count). The lowest BCUT2D eigenvalue weighted by Gasteiger charge is -2.26. The van der Waals surface area contributed by atoms with E-state index in [-0.39, 0.29) is 22.6 Å². The highest BCUT2D eigenvalue weighted by molar-refractivity contribution is 7.93. The molecule has 0 aliphatic carbocycles. The number of hydrogen-bond acceptors (Lipinski definition) is 7. The summed E-state index contributed by atoms with van der Waals surface area (Å²) in [6, 6.07) is 11.3. The lowest BCUT2D eigenvalue weighted by atomic mass is 10.0. The predicted octanol–water partition coefficient (Wildman–Crippen LogP) is 6.63. The van der Waals surface area contributed by atoms with E-state index in [0.717, 1.165) is 29.0 Å². The zero-order valence-corrected chi connectivity index (χ0v) is 21.5. The average molecular weight is 526 g/mol. The minimum atomic E-state index is -4.74. The summed E-state index contributed by atoms with van der Waals surface area (Å²) in [5.74, 6) is -1.27. The first-order chi connectivity index (χ1) is 15.9. The van der Waals surface area contributed by atoms with Crippen molar-refractivity contribution in [2.75, 3.05) is 9.62 Å². The second kappa shape index (κ2) is 10.3. The highest BCUT2D eigenvalue weighted by Crippen LogP contribution is 2.34. The van der Waals surface area contributed by atoms with E-state index in [4.69, 9.17) is 16.3 Å². The largest absolute Gasteiger partial charge is 0.443 e. The minimum Gasteiger partial charge on any atom is -0.443 e. The summed E-state index contributed by atoms with van der Waals surface area (Å²) in [6.07, 6.45) is -0.524. The summed E-state index contributed by atoms with van der Waals surface area (Å²) in [4.78, 5) is 15.9. The molecule has 1 amide bonds. The van der Waals surface area contributed by atoms with Crippen molar-refractivity contribution in [1.82, 2.24) is 4.98 Å². The quantitative estimate of drug-likeness (QED) is 0.372. The van der Waals surface area contributed by atoms with Crippen LogP contribution in [-0.4, -0.2) is 25.1 Å². The van der Waals surface area contributed by atoms with Crippen LogP contribution in [0.15, 0.2) is 58.3 Å². The zero-order valence-electron chi connectivity index (χ0n) is 19.1. The molecule has 182 valence electrons. The van der Waals surface area contributed by atoms with Crippen molar-refractivity contribution in [3.8, 4) is 0 Å². The lowest BCUT2D eigenvalue weighted by Crippen LogP contribution is -2.41. The molecule has 3 aromatic rings. The molecule has 0 saturated heterocycles. The van der Waals surface area contributed by atoms with Gasteiger partial charge in [-0.05, 0) is 44.9 Å². The number of carbonyl (C=O) groups excluding carboxylic acids is 1. The van der Waals surface area contributed by atoms with Gasteiger partial charge >= 0.3 is 6.09 Å². The molecule has 1 N–H and O–H groups in total. The molecule has 0 fully saturated rings. The number of sulfonamides is 1. The maximum atomic E-state index is 15.2. The summed E-state index contributed by atoms with van der Waals surface area (Å²) < 4.78 is 47.6. The maximum Gasteiger partial charge on any atom is 0.430 e. The van der Waals surface area contributed by atoms with Gasteiger partial charge in [-0.25, -0.2) is 22.6 Å². The monoisotopic (exact) mass is 525 g/mol. The number of anilines is 2. The molecule has 0 unspecified atom stereocenters. The molecule has 11 heteroatoms. The van der Waals surface area contributed by atoms with Gasteiger partial charge in [-0.15, -0.1) is 15.6 Å². The number of amides is 1. The van der Waals surface area contributed by atoms with Crippen molar-refractivity contribution in [3.05, 3.63) is 69.8 Å². The number of thiazole rings is 1. The van der Waals surface area contributed by atoms with Crippen molar-refractivity contribution in [2.45, 2.75) is 50.7 Å². The Morgan fingerprint density at radius 1 is 1.26 bits per heavy atom. The third-order valence-electron chi connectivity index (χ3n) is 4.67. The number of benzene rings is 2. The van der Waals surface area contributed by atoms with E-state index >= 15 is 4.39 Å². The zero-order chi connectivity index (χ0) is 25.1. The number of nitrogens with zero attached hydrogens (tertiary/aromatic N) is 2. The van der Waals surface area contributed by atoms with E-state index in [1.54, 1.807) is 20.8 Å². The third kappa shape index (κ3) is 5.86. The van der Waals surface area contributed by atoms with Gasteiger partial charge in [0.1, 0.15) is 16.3 Å². The van der Waals surface area contributed by atoms with E-state index in [2.05, 4.69) is 10.3 Å². The van der Waals surface area contributed by atoms with E-state index < -0.39 is 32.4 Å². The van der Waals surface area contributed by atoms with Crippen molar-refractivity contribution < 1.29 is 22.3 Å². The van der Waals surface area contributed by atoms with Crippen LogP contribution in [0.3, 0.4) is 0 Å². The van der Waals surface area contributed by atoms with Crippen molar-refractivity contribution >= 4 is 50.6 Å². The van der Waals surface area contributed by atoms with Gasteiger partial charge in [-0.3, -0.25) is 0 Å². The van der Waals surface area contributed by atoms with Gasteiger partial charge in [0, 0.05) is 5.38 Å². The van der Waals surface area contributed by atoms with Crippen molar-refractivity contribution in [1.29, 1.82) is 0 Å². The summed E-state index contributed by atoms with van der Waals surface area (Å²) in [5, 5.41) is 4.49. The fraction of sp³-hybridized carbons (Fsp3) is 0.304. The second-order valence-corrected chi connectivity index (χ2v) is 11.3. The number of nitrogens with one attached hydrogen (secondary N) is 1. The molecule has 34 heavy (non-hydrogen) atoms. The highest BCUT2D eigenvalue weighted by atomic mass is 35.5. The summed E-state index contributed by atoms with van der Waals surface area (Å²) >= 11 is 7.45. The van der Waals surface area contributed by atoms with Crippen molar-refractivity contribution in [3.63, 3.8) is 0 Å². The minimum absolute atomic E-state index is 0.0169. The standard InChI is InChI=1S/C23H25ClFN3O4S2/c1-5-18(15-9-7-6-8-10-15)27-19-12-17(25)20(11-16(19)24)34(30,31)28(21-13-33-14-26-21)22(29)32-23(2,3)4/h6-14,18,27H,5H2,1-4H3/t18-/m0/s1. The van der Waals surface area contributed by atoms with Crippen LogP contribution in [0, 0.1) is 5.82 Å². The van der Waals surface area contributed by atoms with Crippen LogP contribution >= 0.6 is 22.9 Å². The lowest BCUT2D eigenvalue weighted by molar-refractivity contribution is 0.0608. The molecule has 0 aliphatic rings. The average Bonchev–Trinajstić information content (AvgIpc) is 3.27. The molecule has 0 radical (unpaired) electrons. The molecule has 0 saturated carbocycles. The van der Waals surface area contributed by atoms with Gasteiger partial charge in [0.25, 0.3) is 10.0 Å². The fourth-order valence-electron chi connectivity index (χ4n) is 3.15. The van der Waals surface area contributed by atoms with Crippen LogP contribution in [0.1, 0.15) is 45.7 Å². The Balaban J connectivity index is 2.00. The van der Waals surface area contributed by atoms with Gasteiger partial charge < -0.3 is 10.1 Å². The van der Waals surface area contributed by atoms with Gasteiger partial charge in [0.05, 0.1) is 22.3 Å². The topological polar surface area (TPSA) is 88.6 Å². The summed E-state index contributed by atoms with van der Waals surface area (Å²) in [6.45, 7) is 6.73. The Hall–Kier alpha value is -2.69. The van der Waals surface area contributed by atoms with Crippen LogP contribution in [-0.2, 0) is 14.8 Å². The molecule has 0 spiro atoms. The van der Waals surface area contributed by atoms with Gasteiger partial charge in [0.15, 0.2) is 5.82 Å². The Morgan fingerprint density at radius 3 is 2.50 bits per heavy atom. The third-order valence-corrected chi connectivity index (χ3v) is 7.24. The molecule has 1 atom stereocenters. The Kier molecular flexibility index (Phi) is 7.84. The van der Waals surface area contributed by atoms with Crippen molar-refractivity contribution in [2.24, 2.45) is 0 Å². The number of carbonyl (C=O) groups is 1. The second-order valence-electron chi connectivity index (χ2n) is 8.37. The van der Waals surface area contributed by atoms with Crippen LogP contribution in [0.4, 0.5) is 20.7 Å². The smallest absolute Gasteiger partial charge is 0.430 e. The number of rotatable bonds is 7. The Labute approximate surface area is 207 Å². The fourth-order valence-corrected chi connectivity index (χ4v) is 5.37. The van der Waals surface area contributed by atoms with Gasteiger partial charge in [0.2, 0.25) is 0 Å². The first kappa shape index (κ1) is 25.9. The van der Waals surface area contributed by atoms with Crippen LogP contribution in [0.25, 0.3) is 0 Å². The first-order valence-corrected chi connectivity index (χ1v) is 13.2. The number of aromatic nitrogens is 1. The Bertz CT molecular complexity index is 1250. The van der Waals surface area contributed by atoms with Gasteiger partial charge in [-0.2, -0.15) is 0 Å². The molecule has 1 aromatic heterocycles. The molecule has 0 aliphatic heterocycles. The van der Waals surface area contributed by atoms with Crippen LogP contribution in [0.5, 0.6) is 0 Å². The van der Waals surface area contributed by atoms with E-state index in [0.29, 0.717) is 10.7 Å². The van der Waals surface area contributed by atoms with E-state index in [1.165, 1.54) is 10.9 Å². The highest BCUT2D eigenvalue weighted by Gasteiger charge is 2.38. The van der Waals surface area contributed by atoms with E-state index in [9.17, 15) is 13.2 Å².